The molecule has 2 aromatic carbocycles. The summed E-state index contributed by atoms with van der Waals surface area (Å²) >= 11 is 0. The Kier molecular flexibility index (Phi) is 7.91. The fourth-order valence-electron chi connectivity index (χ4n) is 2.93. The van der Waals surface area contributed by atoms with Crippen molar-refractivity contribution in [2.75, 3.05) is 13.2 Å². The Bertz CT molecular complexity index is 747. The summed E-state index contributed by atoms with van der Waals surface area (Å²) in [5.74, 6) is 1.53. The van der Waals surface area contributed by atoms with E-state index in [2.05, 4.69) is 44.3 Å². The summed E-state index contributed by atoms with van der Waals surface area (Å²) < 4.78 is 11.4. The smallest absolute Gasteiger partial charge is 0.260 e. The van der Waals surface area contributed by atoms with Crippen molar-refractivity contribution < 1.29 is 14.3 Å². The van der Waals surface area contributed by atoms with Crippen LogP contribution in [0.25, 0.3) is 0 Å². The Labute approximate surface area is 169 Å². The van der Waals surface area contributed by atoms with E-state index in [-0.39, 0.29) is 11.3 Å². The molecule has 0 saturated heterocycles. The van der Waals surface area contributed by atoms with E-state index in [0.717, 1.165) is 18.6 Å². The Hall–Kier alpha value is -2.49. The first-order valence-corrected chi connectivity index (χ1v) is 10.1. The number of para-hydroxylation sites is 1. The minimum absolute atomic E-state index is 0.0991. The highest BCUT2D eigenvalue weighted by molar-refractivity contribution is 5.80. The van der Waals surface area contributed by atoms with E-state index in [1.807, 2.05) is 37.3 Å². The van der Waals surface area contributed by atoms with E-state index in [1.165, 1.54) is 11.1 Å². The standard InChI is InChI=1S/C24H33NO3/c1-6-27-22-12-8-7-10-19(22)11-9-17-25-23(26)18(2)28-21-15-13-20(14-16-21)24(3,4)5/h7-8,10,12-16,18H,6,9,11,17H2,1-5H3,(H,25,26). The fourth-order valence-corrected chi connectivity index (χ4v) is 2.93. The van der Waals surface area contributed by atoms with Gasteiger partial charge in [0.2, 0.25) is 0 Å². The van der Waals surface area contributed by atoms with Crippen molar-refractivity contribution in [2.24, 2.45) is 0 Å². The van der Waals surface area contributed by atoms with E-state index in [0.29, 0.717) is 18.9 Å². The minimum Gasteiger partial charge on any atom is -0.494 e. The Morgan fingerprint density at radius 2 is 1.75 bits per heavy atom. The Morgan fingerprint density at radius 1 is 1.07 bits per heavy atom. The van der Waals surface area contributed by atoms with Crippen molar-refractivity contribution in [1.82, 2.24) is 5.32 Å². The maximum absolute atomic E-state index is 12.3. The zero-order chi connectivity index (χ0) is 20.6. The first kappa shape index (κ1) is 21.8. The third kappa shape index (κ3) is 6.59. The number of carbonyl (C=O) groups is 1. The van der Waals surface area contributed by atoms with Crippen LogP contribution in [0.2, 0.25) is 0 Å². The number of nitrogens with one attached hydrogen (secondary N) is 1. The largest absolute Gasteiger partial charge is 0.494 e. The van der Waals surface area contributed by atoms with Crippen LogP contribution in [0.3, 0.4) is 0 Å². The molecule has 0 aromatic heterocycles. The normalized spacial score (nSPS) is 12.3. The summed E-state index contributed by atoms with van der Waals surface area (Å²) in [5, 5.41) is 2.96. The molecule has 1 unspecified atom stereocenters. The second-order valence-electron chi connectivity index (χ2n) is 7.97. The number of benzene rings is 2. The van der Waals surface area contributed by atoms with Gasteiger partial charge >= 0.3 is 0 Å². The number of amides is 1. The van der Waals surface area contributed by atoms with Gasteiger partial charge in [-0.15, -0.1) is 0 Å². The number of aryl methyl sites for hydroxylation is 1. The molecule has 1 N–H and O–H groups in total. The van der Waals surface area contributed by atoms with Gasteiger partial charge in [0, 0.05) is 6.54 Å². The summed E-state index contributed by atoms with van der Waals surface area (Å²) in [6.07, 6.45) is 1.18. The molecule has 0 aliphatic rings. The minimum atomic E-state index is -0.531. The highest BCUT2D eigenvalue weighted by Crippen LogP contribution is 2.24. The molecule has 0 saturated carbocycles. The van der Waals surface area contributed by atoms with Crippen LogP contribution in [-0.2, 0) is 16.6 Å². The highest BCUT2D eigenvalue weighted by Gasteiger charge is 2.16. The molecule has 0 bridgehead atoms. The molecule has 1 amide bonds. The summed E-state index contributed by atoms with van der Waals surface area (Å²) in [6, 6.07) is 16.0. The molecule has 0 radical (unpaired) electrons. The molecule has 2 rings (SSSR count). The first-order valence-electron chi connectivity index (χ1n) is 10.1. The van der Waals surface area contributed by atoms with Crippen molar-refractivity contribution in [2.45, 2.75) is 59.0 Å². The number of carbonyl (C=O) groups excluding carboxylic acids is 1. The second-order valence-corrected chi connectivity index (χ2v) is 7.97. The average molecular weight is 384 g/mol. The van der Waals surface area contributed by atoms with Crippen LogP contribution in [0.1, 0.15) is 52.2 Å². The monoisotopic (exact) mass is 383 g/mol. The molecule has 2 aromatic rings. The van der Waals surface area contributed by atoms with Gasteiger partial charge in [0.05, 0.1) is 6.61 Å². The van der Waals surface area contributed by atoms with Crippen LogP contribution in [0.5, 0.6) is 11.5 Å². The van der Waals surface area contributed by atoms with Gasteiger partial charge < -0.3 is 14.8 Å². The van der Waals surface area contributed by atoms with Crippen LogP contribution >= 0.6 is 0 Å². The molecular formula is C24H33NO3. The summed E-state index contributed by atoms with van der Waals surface area (Å²) in [4.78, 5) is 12.3. The van der Waals surface area contributed by atoms with Crippen LogP contribution in [-0.4, -0.2) is 25.2 Å². The number of ether oxygens (including phenoxy) is 2. The predicted molar refractivity (Wildman–Crippen MR) is 114 cm³/mol. The quantitative estimate of drug-likeness (QED) is 0.627. The Balaban J connectivity index is 1.77. The van der Waals surface area contributed by atoms with Crippen molar-refractivity contribution in [1.29, 1.82) is 0 Å². The van der Waals surface area contributed by atoms with Crippen molar-refractivity contribution in [3.8, 4) is 11.5 Å². The maximum Gasteiger partial charge on any atom is 0.260 e. The van der Waals surface area contributed by atoms with Crippen molar-refractivity contribution in [3.63, 3.8) is 0 Å². The van der Waals surface area contributed by atoms with Gasteiger partial charge in [-0.05, 0) is 61.4 Å². The van der Waals surface area contributed by atoms with Crippen LogP contribution in [0.4, 0.5) is 0 Å². The second kappa shape index (κ2) is 10.2. The van der Waals surface area contributed by atoms with E-state index < -0.39 is 6.10 Å². The number of hydrogen-bond acceptors (Lipinski definition) is 3. The van der Waals surface area contributed by atoms with Gasteiger partial charge in [0.15, 0.2) is 6.10 Å². The van der Waals surface area contributed by atoms with Gasteiger partial charge in [-0.3, -0.25) is 4.79 Å². The highest BCUT2D eigenvalue weighted by atomic mass is 16.5. The van der Waals surface area contributed by atoms with Gasteiger partial charge in [-0.25, -0.2) is 0 Å². The van der Waals surface area contributed by atoms with Crippen LogP contribution < -0.4 is 14.8 Å². The van der Waals surface area contributed by atoms with Gasteiger partial charge in [0.25, 0.3) is 5.91 Å². The first-order chi connectivity index (χ1) is 13.3. The number of rotatable bonds is 9. The molecule has 0 spiro atoms. The van der Waals surface area contributed by atoms with Crippen LogP contribution in [0, 0.1) is 0 Å². The fraction of sp³-hybridized carbons (Fsp3) is 0.458. The lowest BCUT2D eigenvalue weighted by Gasteiger charge is -2.20. The lowest BCUT2D eigenvalue weighted by Crippen LogP contribution is -2.36. The molecule has 152 valence electrons. The topological polar surface area (TPSA) is 47.6 Å². The van der Waals surface area contributed by atoms with Crippen molar-refractivity contribution in [3.05, 3.63) is 59.7 Å². The summed E-state index contributed by atoms with van der Waals surface area (Å²) in [5.41, 5.74) is 2.51. The summed E-state index contributed by atoms with van der Waals surface area (Å²) in [6.45, 7) is 11.5. The molecule has 1 atom stereocenters. The molecule has 0 fully saturated rings. The average Bonchev–Trinajstić information content (AvgIpc) is 2.66. The molecule has 4 nitrogen and oxygen atoms in total. The van der Waals surface area contributed by atoms with Gasteiger partial charge in [-0.1, -0.05) is 51.1 Å². The zero-order valence-electron chi connectivity index (χ0n) is 17.7. The van der Waals surface area contributed by atoms with Gasteiger partial charge in [0.1, 0.15) is 11.5 Å². The van der Waals surface area contributed by atoms with E-state index >= 15 is 0 Å². The Morgan fingerprint density at radius 3 is 2.39 bits per heavy atom. The van der Waals surface area contributed by atoms with E-state index in [4.69, 9.17) is 9.47 Å². The third-order valence-electron chi connectivity index (χ3n) is 4.60. The predicted octanol–water partition coefficient (Wildman–Crippen LogP) is 4.90. The molecule has 4 heteroatoms. The molecule has 0 aliphatic carbocycles. The lowest BCUT2D eigenvalue weighted by atomic mass is 9.87. The zero-order valence-corrected chi connectivity index (χ0v) is 17.7. The van der Waals surface area contributed by atoms with Crippen LogP contribution in [0.15, 0.2) is 48.5 Å². The van der Waals surface area contributed by atoms with Crippen molar-refractivity contribution >= 4 is 5.91 Å². The molecular weight excluding hydrogens is 350 g/mol. The third-order valence-corrected chi connectivity index (χ3v) is 4.60. The maximum atomic E-state index is 12.3. The molecule has 0 aliphatic heterocycles. The molecule has 0 heterocycles. The van der Waals surface area contributed by atoms with E-state index in [1.54, 1.807) is 6.92 Å². The summed E-state index contributed by atoms with van der Waals surface area (Å²) in [7, 11) is 0. The molecule has 28 heavy (non-hydrogen) atoms. The van der Waals surface area contributed by atoms with Gasteiger partial charge in [-0.2, -0.15) is 0 Å². The SMILES string of the molecule is CCOc1ccccc1CCCNC(=O)C(C)Oc1ccc(C(C)(C)C)cc1. The lowest BCUT2D eigenvalue weighted by molar-refractivity contribution is -0.127. The number of hydrogen-bond donors (Lipinski definition) is 1. The van der Waals surface area contributed by atoms with E-state index in [9.17, 15) is 4.79 Å².